The lowest BCUT2D eigenvalue weighted by atomic mass is 10.1. The van der Waals surface area contributed by atoms with Crippen molar-refractivity contribution < 1.29 is 22.7 Å². The monoisotopic (exact) mass is 376 g/mol. The number of nitrogens with one attached hydrogen (secondary N) is 2. The number of sulfonamides is 1. The van der Waals surface area contributed by atoms with Gasteiger partial charge >= 0.3 is 0 Å². The zero-order valence-corrected chi connectivity index (χ0v) is 15.3. The second-order valence-corrected chi connectivity index (χ2v) is 7.20. The van der Waals surface area contributed by atoms with Gasteiger partial charge in [0.1, 0.15) is 0 Å². The fraction of sp³-hybridized carbons (Fsp3) is 0.222. The quantitative estimate of drug-likeness (QED) is 0.542. The van der Waals surface area contributed by atoms with Crippen molar-refractivity contribution in [1.82, 2.24) is 5.32 Å². The van der Waals surface area contributed by atoms with E-state index in [1.54, 1.807) is 12.1 Å². The van der Waals surface area contributed by atoms with Gasteiger partial charge in [-0.2, -0.15) is 0 Å². The molecule has 0 aliphatic rings. The largest absolute Gasteiger partial charge is 0.383 e. The van der Waals surface area contributed by atoms with Crippen molar-refractivity contribution >= 4 is 27.4 Å². The van der Waals surface area contributed by atoms with Gasteiger partial charge < -0.3 is 10.1 Å². The van der Waals surface area contributed by atoms with Gasteiger partial charge in [0.2, 0.25) is 0 Å². The van der Waals surface area contributed by atoms with Crippen molar-refractivity contribution in [2.75, 3.05) is 25.0 Å². The van der Waals surface area contributed by atoms with E-state index >= 15 is 0 Å². The van der Waals surface area contributed by atoms with E-state index in [2.05, 4.69) is 10.0 Å². The Morgan fingerprint density at radius 1 is 1.04 bits per heavy atom. The Kier molecular flexibility index (Phi) is 6.48. The Labute approximate surface area is 152 Å². The van der Waals surface area contributed by atoms with Crippen LogP contribution >= 0.6 is 0 Å². The van der Waals surface area contributed by atoms with Gasteiger partial charge in [-0.05, 0) is 49.4 Å². The first-order valence-electron chi connectivity index (χ1n) is 7.84. The Balaban J connectivity index is 2.16. The molecule has 2 rings (SSSR count). The smallest absolute Gasteiger partial charge is 0.261 e. The fourth-order valence-corrected chi connectivity index (χ4v) is 3.26. The summed E-state index contributed by atoms with van der Waals surface area (Å²) in [5.41, 5.74) is 1.04. The molecule has 2 aromatic rings. The summed E-state index contributed by atoms with van der Waals surface area (Å²) in [5, 5.41) is 2.63. The molecule has 0 bridgehead atoms. The molecule has 0 unspecified atom stereocenters. The van der Waals surface area contributed by atoms with E-state index in [4.69, 9.17) is 4.74 Å². The van der Waals surface area contributed by atoms with Crippen molar-refractivity contribution in [3.63, 3.8) is 0 Å². The molecular formula is C18H20N2O5S. The van der Waals surface area contributed by atoms with Crippen LogP contribution in [0.25, 0.3) is 0 Å². The van der Waals surface area contributed by atoms with E-state index in [1.807, 2.05) is 0 Å². The average Bonchev–Trinajstić information content (AvgIpc) is 2.62. The number of rotatable bonds is 8. The molecule has 0 saturated heterocycles. The second-order valence-electron chi connectivity index (χ2n) is 5.52. The molecule has 8 heteroatoms. The van der Waals surface area contributed by atoms with Gasteiger partial charge in [-0.25, -0.2) is 8.42 Å². The summed E-state index contributed by atoms with van der Waals surface area (Å²) in [6, 6.07) is 11.8. The number of carbonyl (C=O) groups excluding carboxylic acids is 2. The molecule has 0 aliphatic heterocycles. The number of hydrogen-bond donors (Lipinski definition) is 2. The maximum absolute atomic E-state index is 12.5. The average molecular weight is 376 g/mol. The zero-order valence-electron chi connectivity index (χ0n) is 14.5. The third-order valence-corrected chi connectivity index (χ3v) is 4.92. The van der Waals surface area contributed by atoms with Crippen LogP contribution in [0.3, 0.4) is 0 Å². The lowest BCUT2D eigenvalue weighted by Gasteiger charge is -2.10. The van der Waals surface area contributed by atoms with E-state index in [0.717, 1.165) is 0 Å². The lowest BCUT2D eigenvalue weighted by molar-refractivity contribution is 0.0936. The predicted octanol–water partition coefficient (Wildman–Crippen LogP) is 2.07. The molecule has 0 spiro atoms. The van der Waals surface area contributed by atoms with Crippen LogP contribution < -0.4 is 10.0 Å². The molecule has 0 aliphatic carbocycles. The topological polar surface area (TPSA) is 102 Å². The molecule has 138 valence electrons. The number of amides is 1. The Bertz CT molecular complexity index is 892. The molecule has 0 heterocycles. The van der Waals surface area contributed by atoms with Crippen molar-refractivity contribution in [1.29, 1.82) is 0 Å². The van der Waals surface area contributed by atoms with Gasteiger partial charge in [0.15, 0.2) is 5.78 Å². The second kappa shape index (κ2) is 8.59. The summed E-state index contributed by atoms with van der Waals surface area (Å²) >= 11 is 0. The van der Waals surface area contributed by atoms with Crippen molar-refractivity contribution in [2.45, 2.75) is 11.8 Å². The molecule has 7 nitrogen and oxygen atoms in total. The Morgan fingerprint density at radius 3 is 2.35 bits per heavy atom. The molecule has 0 atom stereocenters. The third kappa shape index (κ3) is 5.14. The number of ketones is 1. The molecule has 0 saturated carbocycles. The summed E-state index contributed by atoms with van der Waals surface area (Å²) in [7, 11) is -2.35. The van der Waals surface area contributed by atoms with Crippen molar-refractivity contribution in [3.05, 3.63) is 59.7 Å². The number of anilines is 1. The molecule has 0 aromatic heterocycles. The number of ether oxygens (including phenoxy) is 1. The van der Waals surface area contributed by atoms with Crippen LogP contribution in [0, 0.1) is 0 Å². The van der Waals surface area contributed by atoms with E-state index < -0.39 is 10.0 Å². The highest BCUT2D eigenvalue weighted by molar-refractivity contribution is 7.92. The highest BCUT2D eigenvalue weighted by Gasteiger charge is 2.16. The van der Waals surface area contributed by atoms with Crippen molar-refractivity contribution in [2.24, 2.45) is 0 Å². The number of Topliss-reactive ketones (excluding diaryl/α,β-unsaturated/α-hetero) is 1. The molecule has 1 amide bonds. The summed E-state index contributed by atoms with van der Waals surface area (Å²) < 4.78 is 32.3. The van der Waals surface area contributed by atoms with Gasteiger partial charge in [0, 0.05) is 30.5 Å². The van der Waals surface area contributed by atoms with Gasteiger partial charge in [-0.15, -0.1) is 0 Å². The normalized spacial score (nSPS) is 11.0. The maximum Gasteiger partial charge on any atom is 0.261 e. The molecule has 2 N–H and O–H groups in total. The number of methoxy groups -OCH3 is 1. The predicted molar refractivity (Wildman–Crippen MR) is 97.9 cm³/mol. The summed E-state index contributed by atoms with van der Waals surface area (Å²) in [6.45, 7) is 2.12. The molecule has 2 aromatic carbocycles. The molecule has 0 fully saturated rings. The molecule has 26 heavy (non-hydrogen) atoms. The third-order valence-electron chi connectivity index (χ3n) is 3.54. The maximum atomic E-state index is 12.5. The highest BCUT2D eigenvalue weighted by atomic mass is 32.2. The van der Waals surface area contributed by atoms with Crippen LogP contribution in [0.5, 0.6) is 0 Å². The summed E-state index contributed by atoms with van der Waals surface area (Å²) in [5.74, 6) is -0.489. The van der Waals surface area contributed by atoms with Crippen molar-refractivity contribution in [3.8, 4) is 0 Å². The fourth-order valence-electron chi connectivity index (χ4n) is 2.16. The van der Waals surface area contributed by atoms with Crippen LogP contribution in [-0.2, 0) is 14.8 Å². The Morgan fingerprint density at radius 2 is 1.73 bits per heavy atom. The van der Waals surface area contributed by atoms with Gasteiger partial charge in [-0.1, -0.05) is 6.07 Å². The van der Waals surface area contributed by atoms with Crippen LogP contribution in [0.2, 0.25) is 0 Å². The number of benzene rings is 2. The van der Waals surface area contributed by atoms with Crippen LogP contribution in [-0.4, -0.2) is 40.4 Å². The minimum Gasteiger partial charge on any atom is -0.383 e. The van der Waals surface area contributed by atoms with Gasteiger partial charge in [0.25, 0.3) is 15.9 Å². The highest BCUT2D eigenvalue weighted by Crippen LogP contribution is 2.18. The van der Waals surface area contributed by atoms with E-state index in [-0.39, 0.29) is 22.1 Å². The summed E-state index contributed by atoms with van der Waals surface area (Å²) in [6.07, 6.45) is 0. The van der Waals surface area contributed by atoms with E-state index in [9.17, 15) is 18.0 Å². The first kappa shape index (κ1) is 19.6. The lowest BCUT2D eigenvalue weighted by Crippen LogP contribution is -2.27. The van der Waals surface area contributed by atoms with Gasteiger partial charge in [0.05, 0.1) is 11.5 Å². The van der Waals surface area contributed by atoms with E-state index in [1.165, 1.54) is 50.4 Å². The van der Waals surface area contributed by atoms with E-state index in [0.29, 0.717) is 24.4 Å². The molecule has 0 radical (unpaired) electrons. The number of carbonyl (C=O) groups is 2. The minimum atomic E-state index is -3.87. The first-order valence-corrected chi connectivity index (χ1v) is 9.33. The molecular weight excluding hydrogens is 356 g/mol. The SMILES string of the molecule is COCCNC(=O)c1cccc(S(=O)(=O)Nc2ccc(C(C)=O)cc2)c1. The zero-order chi connectivity index (χ0) is 19.2. The standard InChI is InChI=1S/C18H20N2O5S/c1-13(21)14-6-8-16(9-7-14)20-26(23,24)17-5-3-4-15(12-17)18(22)19-10-11-25-2/h3-9,12,20H,10-11H2,1-2H3,(H,19,22). The minimum absolute atomic E-state index is 0.0347. The van der Waals surface area contributed by atoms with Gasteiger partial charge in [-0.3, -0.25) is 14.3 Å². The Hall–Kier alpha value is -2.71. The van der Waals surface area contributed by atoms with Crippen LogP contribution in [0.4, 0.5) is 5.69 Å². The number of hydrogen-bond acceptors (Lipinski definition) is 5. The first-order chi connectivity index (χ1) is 12.3. The van der Waals surface area contributed by atoms with Crippen LogP contribution in [0.1, 0.15) is 27.6 Å². The van der Waals surface area contributed by atoms with Crippen LogP contribution in [0.15, 0.2) is 53.4 Å². The summed E-state index contributed by atoms with van der Waals surface area (Å²) in [4.78, 5) is 23.3.